The summed E-state index contributed by atoms with van der Waals surface area (Å²) in [4.78, 5) is 6.17. The monoisotopic (exact) mass is 313 g/mol. The Balaban J connectivity index is 2.04. The lowest BCUT2D eigenvalue weighted by Crippen LogP contribution is -2.32. The summed E-state index contributed by atoms with van der Waals surface area (Å²) in [6.07, 6.45) is 2.96. The third kappa shape index (κ3) is 3.85. The third-order valence-electron chi connectivity index (χ3n) is 3.43. The van der Waals surface area contributed by atoms with Crippen molar-refractivity contribution in [3.63, 3.8) is 0 Å². The van der Waals surface area contributed by atoms with E-state index in [0.717, 1.165) is 5.82 Å². The van der Waals surface area contributed by atoms with Gasteiger partial charge in [-0.2, -0.15) is 4.31 Å². The van der Waals surface area contributed by atoms with Gasteiger partial charge in [0.2, 0.25) is 10.0 Å². The molecule has 2 heterocycles. The van der Waals surface area contributed by atoms with Gasteiger partial charge in [-0.3, -0.25) is 0 Å². The smallest absolute Gasteiger partial charge is 0.214 e. The number of pyridine rings is 1. The number of nitrogens with zero attached hydrogens (tertiary/aromatic N) is 3. The molecule has 1 aromatic heterocycles. The maximum absolute atomic E-state index is 12.1. The Morgan fingerprint density at radius 2 is 2.24 bits per heavy atom. The lowest BCUT2D eigenvalue weighted by Gasteiger charge is -2.20. The SMILES string of the molecule is CCCS(=O)(=O)N1CCC(Oc2cccnc2N(C)C)C1. The Morgan fingerprint density at radius 1 is 1.48 bits per heavy atom. The Labute approximate surface area is 126 Å². The van der Waals surface area contributed by atoms with Crippen LogP contribution in [-0.4, -0.2) is 56.7 Å². The lowest BCUT2D eigenvalue weighted by molar-refractivity contribution is 0.215. The summed E-state index contributed by atoms with van der Waals surface area (Å²) in [5, 5.41) is 0. The first-order valence-electron chi connectivity index (χ1n) is 7.21. The fraction of sp³-hybridized carbons (Fsp3) is 0.643. The normalized spacial score (nSPS) is 19.7. The molecule has 1 atom stereocenters. The van der Waals surface area contributed by atoms with Gasteiger partial charge in [0.25, 0.3) is 0 Å². The van der Waals surface area contributed by atoms with E-state index in [2.05, 4.69) is 4.98 Å². The fourth-order valence-electron chi connectivity index (χ4n) is 2.42. The van der Waals surface area contributed by atoms with Crippen molar-refractivity contribution < 1.29 is 13.2 Å². The summed E-state index contributed by atoms with van der Waals surface area (Å²) >= 11 is 0. The van der Waals surface area contributed by atoms with Crippen LogP contribution in [0.5, 0.6) is 5.75 Å². The van der Waals surface area contributed by atoms with Crippen LogP contribution in [0.1, 0.15) is 19.8 Å². The van der Waals surface area contributed by atoms with Crippen molar-refractivity contribution in [2.24, 2.45) is 0 Å². The minimum atomic E-state index is -3.13. The predicted molar refractivity (Wildman–Crippen MR) is 83.2 cm³/mol. The standard InChI is InChI=1S/C14H23N3O3S/c1-4-10-21(18,19)17-9-7-12(11-17)20-13-6-5-8-15-14(13)16(2)3/h5-6,8,12H,4,7,9-11H2,1-3H3. The molecule has 1 unspecified atom stereocenters. The maximum atomic E-state index is 12.1. The second-order valence-electron chi connectivity index (χ2n) is 5.42. The number of rotatable bonds is 6. The molecule has 0 aliphatic carbocycles. The zero-order valence-corrected chi connectivity index (χ0v) is 13.6. The molecule has 0 N–H and O–H groups in total. The van der Waals surface area contributed by atoms with Gasteiger partial charge in [0, 0.05) is 26.8 Å². The van der Waals surface area contributed by atoms with Crippen molar-refractivity contribution in [1.82, 2.24) is 9.29 Å². The van der Waals surface area contributed by atoms with Crippen molar-refractivity contribution >= 4 is 15.8 Å². The first-order valence-corrected chi connectivity index (χ1v) is 8.81. The molecule has 7 heteroatoms. The molecular formula is C14H23N3O3S. The number of anilines is 1. The van der Waals surface area contributed by atoms with E-state index in [1.807, 2.05) is 38.1 Å². The minimum Gasteiger partial charge on any atom is -0.485 e. The Hall–Kier alpha value is -1.34. The van der Waals surface area contributed by atoms with Crippen LogP contribution in [0.2, 0.25) is 0 Å². The molecule has 0 amide bonds. The molecule has 1 aliphatic heterocycles. The molecule has 0 aromatic carbocycles. The van der Waals surface area contributed by atoms with E-state index in [9.17, 15) is 8.42 Å². The quantitative estimate of drug-likeness (QED) is 0.793. The third-order valence-corrected chi connectivity index (χ3v) is 5.47. The van der Waals surface area contributed by atoms with Crippen LogP contribution in [0.4, 0.5) is 5.82 Å². The molecule has 1 fully saturated rings. The topological polar surface area (TPSA) is 62.7 Å². The van der Waals surface area contributed by atoms with E-state index in [1.54, 1.807) is 6.20 Å². The van der Waals surface area contributed by atoms with Gasteiger partial charge in [-0.05, 0) is 25.0 Å². The van der Waals surface area contributed by atoms with Gasteiger partial charge >= 0.3 is 0 Å². The molecule has 6 nitrogen and oxygen atoms in total. The molecule has 2 rings (SSSR count). The maximum Gasteiger partial charge on any atom is 0.214 e. The molecule has 0 spiro atoms. The summed E-state index contributed by atoms with van der Waals surface area (Å²) in [5.41, 5.74) is 0. The van der Waals surface area contributed by atoms with Crippen LogP contribution in [-0.2, 0) is 10.0 Å². The minimum absolute atomic E-state index is 0.112. The highest BCUT2D eigenvalue weighted by molar-refractivity contribution is 7.89. The molecular weight excluding hydrogens is 290 g/mol. The molecule has 1 aliphatic rings. The van der Waals surface area contributed by atoms with Gasteiger partial charge in [0.1, 0.15) is 6.10 Å². The summed E-state index contributed by atoms with van der Waals surface area (Å²) in [5.74, 6) is 1.66. The van der Waals surface area contributed by atoms with E-state index in [0.29, 0.717) is 31.7 Å². The highest BCUT2D eigenvalue weighted by Gasteiger charge is 2.32. The zero-order valence-electron chi connectivity index (χ0n) is 12.8. The number of hydrogen-bond donors (Lipinski definition) is 0. The van der Waals surface area contributed by atoms with Crippen molar-refractivity contribution in [3.05, 3.63) is 18.3 Å². The molecule has 118 valence electrons. The van der Waals surface area contributed by atoms with E-state index in [1.165, 1.54) is 4.31 Å². The van der Waals surface area contributed by atoms with E-state index in [-0.39, 0.29) is 11.9 Å². The van der Waals surface area contributed by atoms with Gasteiger partial charge in [0.05, 0.1) is 12.3 Å². The highest BCUT2D eigenvalue weighted by atomic mass is 32.2. The number of sulfonamides is 1. The van der Waals surface area contributed by atoms with E-state index >= 15 is 0 Å². The Bertz CT molecular complexity index is 575. The van der Waals surface area contributed by atoms with Crippen molar-refractivity contribution in [3.8, 4) is 5.75 Å². The number of aromatic nitrogens is 1. The van der Waals surface area contributed by atoms with E-state index < -0.39 is 10.0 Å². The summed E-state index contributed by atoms with van der Waals surface area (Å²) in [6.45, 7) is 2.83. The van der Waals surface area contributed by atoms with E-state index in [4.69, 9.17) is 4.74 Å². The molecule has 0 radical (unpaired) electrons. The van der Waals surface area contributed by atoms with Crippen LogP contribution in [0.15, 0.2) is 18.3 Å². The second kappa shape index (κ2) is 6.62. The largest absolute Gasteiger partial charge is 0.485 e. The molecule has 0 saturated carbocycles. The molecule has 0 bridgehead atoms. The van der Waals surface area contributed by atoms with Crippen molar-refractivity contribution in [1.29, 1.82) is 0 Å². The fourth-order valence-corrected chi connectivity index (χ4v) is 3.97. The van der Waals surface area contributed by atoms with Crippen LogP contribution < -0.4 is 9.64 Å². The number of hydrogen-bond acceptors (Lipinski definition) is 5. The van der Waals surface area contributed by atoms with Gasteiger partial charge in [0.15, 0.2) is 11.6 Å². The van der Waals surface area contributed by atoms with Crippen LogP contribution in [0.25, 0.3) is 0 Å². The summed E-state index contributed by atoms with van der Waals surface area (Å²) < 4.78 is 31.6. The van der Waals surface area contributed by atoms with Crippen LogP contribution >= 0.6 is 0 Å². The first-order chi connectivity index (χ1) is 9.94. The van der Waals surface area contributed by atoms with Crippen LogP contribution in [0, 0.1) is 0 Å². The Kier molecular flexibility index (Phi) is 5.05. The average Bonchev–Trinajstić information content (AvgIpc) is 2.88. The van der Waals surface area contributed by atoms with Gasteiger partial charge in [-0.1, -0.05) is 6.92 Å². The van der Waals surface area contributed by atoms with Crippen molar-refractivity contribution in [2.75, 3.05) is 37.8 Å². The second-order valence-corrected chi connectivity index (χ2v) is 7.51. The molecule has 21 heavy (non-hydrogen) atoms. The summed E-state index contributed by atoms with van der Waals surface area (Å²) in [6, 6.07) is 3.69. The zero-order chi connectivity index (χ0) is 15.5. The molecule has 1 aromatic rings. The van der Waals surface area contributed by atoms with Gasteiger partial charge < -0.3 is 9.64 Å². The highest BCUT2D eigenvalue weighted by Crippen LogP contribution is 2.27. The van der Waals surface area contributed by atoms with Crippen molar-refractivity contribution in [2.45, 2.75) is 25.9 Å². The molecule has 1 saturated heterocycles. The van der Waals surface area contributed by atoms with Crippen LogP contribution in [0.3, 0.4) is 0 Å². The van der Waals surface area contributed by atoms with Gasteiger partial charge in [-0.15, -0.1) is 0 Å². The average molecular weight is 313 g/mol. The Morgan fingerprint density at radius 3 is 2.90 bits per heavy atom. The lowest BCUT2D eigenvalue weighted by atomic mass is 10.3. The van der Waals surface area contributed by atoms with Gasteiger partial charge in [-0.25, -0.2) is 13.4 Å². The first kappa shape index (κ1) is 16.0. The predicted octanol–water partition coefficient (Wildman–Crippen LogP) is 1.34. The summed E-state index contributed by atoms with van der Waals surface area (Å²) in [7, 11) is 0.675. The number of ether oxygens (including phenoxy) is 1.